The van der Waals surface area contributed by atoms with Crippen LogP contribution in [0, 0.1) is 0 Å². The van der Waals surface area contributed by atoms with Gasteiger partial charge in [-0.1, -0.05) is 6.07 Å². The normalized spacial score (nSPS) is 15.6. The summed E-state index contributed by atoms with van der Waals surface area (Å²) in [4.78, 5) is 2.15. The number of nitrogens with one attached hydrogen (secondary N) is 1. The largest absolute Gasteiger partial charge is 0.435 e. The number of rotatable bonds is 3. The van der Waals surface area contributed by atoms with Crippen LogP contribution in [0.4, 0.5) is 14.5 Å². The Balaban J connectivity index is 0.00000144. The maximum atomic E-state index is 12.0. The maximum absolute atomic E-state index is 12.0. The van der Waals surface area contributed by atoms with E-state index >= 15 is 0 Å². The standard InChI is InChI=1S/C11H14F2N2O.ClH/c12-11(13)16-10-3-1-2-9(8-10)15-6-4-14-5-7-15;/h1-3,8,11,14H,4-7H2;1H. The monoisotopic (exact) mass is 264 g/mol. The van der Waals surface area contributed by atoms with Gasteiger partial charge in [-0.2, -0.15) is 8.78 Å². The zero-order valence-corrected chi connectivity index (χ0v) is 10.1. The molecule has 2 rings (SSSR count). The Bertz CT molecular complexity index is 346. The fraction of sp³-hybridized carbons (Fsp3) is 0.455. The van der Waals surface area contributed by atoms with Crippen molar-refractivity contribution in [3.63, 3.8) is 0 Å². The molecule has 96 valence electrons. The molecule has 0 unspecified atom stereocenters. The molecule has 1 heterocycles. The summed E-state index contributed by atoms with van der Waals surface area (Å²) in [5, 5.41) is 3.24. The predicted molar refractivity (Wildman–Crippen MR) is 65.4 cm³/mol. The minimum absolute atomic E-state index is 0. The van der Waals surface area contributed by atoms with Crippen LogP contribution >= 0.6 is 12.4 Å². The quantitative estimate of drug-likeness (QED) is 0.905. The first-order valence-corrected chi connectivity index (χ1v) is 5.26. The lowest BCUT2D eigenvalue weighted by atomic mass is 10.2. The number of hydrogen-bond acceptors (Lipinski definition) is 3. The van der Waals surface area contributed by atoms with Gasteiger partial charge in [0.2, 0.25) is 0 Å². The third-order valence-corrected chi connectivity index (χ3v) is 2.52. The highest BCUT2D eigenvalue weighted by Gasteiger charge is 2.11. The van der Waals surface area contributed by atoms with Crippen LogP contribution in [0.3, 0.4) is 0 Å². The van der Waals surface area contributed by atoms with Crippen molar-refractivity contribution in [1.29, 1.82) is 0 Å². The van der Waals surface area contributed by atoms with Gasteiger partial charge >= 0.3 is 6.61 Å². The van der Waals surface area contributed by atoms with Crippen LogP contribution in [-0.2, 0) is 0 Å². The summed E-state index contributed by atoms with van der Waals surface area (Å²) < 4.78 is 28.5. The Morgan fingerprint density at radius 1 is 1.24 bits per heavy atom. The molecule has 6 heteroatoms. The highest BCUT2D eigenvalue weighted by Crippen LogP contribution is 2.22. The summed E-state index contributed by atoms with van der Waals surface area (Å²) in [5.41, 5.74) is 0.930. The highest BCUT2D eigenvalue weighted by atomic mass is 35.5. The molecule has 1 aromatic carbocycles. The van der Waals surface area contributed by atoms with E-state index in [1.54, 1.807) is 12.1 Å². The number of nitrogens with zero attached hydrogens (tertiary/aromatic N) is 1. The summed E-state index contributed by atoms with van der Waals surface area (Å²) in [6.45, 7) is 0.842. The molecular weight excluding hydrogens is 250 g/mol. The van der Waals surface area contributed by atoms with Gasteiger partial charge < -0.3 is 15.0 Å². The Kier molecular flexibility index (Phi) is 5.44. The van der Waals surface area contributed by atoms with Crippen LogP contribution in [0.1, 0.15) is 0 Å². The van der Waals surface area contributed by atoms with E-state index in [0.29, 0.717) is 0 Å². The van der Waals surface area contributed by atoms with E-state index in [4.69, 9.17) is 0 Å². The molecule has 17 heavy (non-hydrogen) atoms. The Morgan fingerprint density at radius 3 is 2.59 bits per heavy atom. The summed E-state index contributed by atoms with van der Waals surface area (Å²) in [6, 6.07) is 6.83. The fourth-order valence-corrected chi connectivity index (χ4v) is 1.78. The SMILES string of the molecule is Cl.FC(F)Oc1cccc(N2CCNCC2)c1. The lowest BCUT2D eigenvalue weighted by Gasteiger charge is -2.29. The van der Waals surface area contributed by atoms with Gasteiger partial charge in [0.15, 0.2) is 0 Å². The van der Waals surface area contributed by atoms with Gasteiger partial charge in [-0.15, -0.1) is 12.4 Å². The van der Waals surface area contributed by atoms with E-state index in [1.165, 1.54) is 6.07 Å². The molecule has 3 nitrogen and oxygen atoms in total. The molecule has 1 saturated heterocycles. The van der Waals surface area contributed by atoms with E-state index in [2.05, 4.69) is 15.0 Å². The van der Waals surface area contributed by atoms with Crippen molar-refractivity contribution >= 4 is 18.1 Å². The fourth-order valence-electron chi connectivity index (χ4n) is 1.78. The third-order valence-electron chi connectivity index (χ3n) is 2.52. The van der Waals surface area contributed by atoms with Crippen molar-refractivity contribution in [3.05, 3.63) is 24.3 Å². The topological polar surface area (TPSA) is 24.5 Å². The zero-order valence-electron chi connectivity index (χ0n) is 9.23. The number of anilines is 1. The van der Waals surface area contributed by atoms with Crippen LogP contribution in [-0.4, -0.2) is 32.8 Å². The number of hydrogen-bond donors (Lipinski definition) is 1. The second kappa shape index (κ2) is 6.61. The molecule has 0 aromatic heterocycles. The van der Waals surface area contributed by atoms with Crippen LogP contribution in [0.15, 0.2) is 24.3 Å². The average molecular weight is 265 g/mol. The summed E-state index contributed by atoms with van der Waals surface area (Å²) in [7, 11) is 0. The molecule has 1 N–H and O–H groups in total. The van der Waals surface area contributed by atoms with E-state index in [-0.39, 0.29) is 18.2 Å². The third kappa shape index (κ3) is 4.02. The Labute approximate surface area is 105 Å². The molecule has 1 aliphatic rings. The maximum Gasteiger partial charge on any atom is 0.387 e. The number of ether oxygens (including phenoxy) is 1. The van der Waals surface area contributed by atoms with Crippen molar-refractivity contribution in [1.82, 2.24) is 5.32 Å². The van der Waals surface area contributed by atoms with E-state index in [1.807, 2.05) is 6.07 Å². The molecule has 0 amide bonds. The van der Waals surface area contributed by atoms with Crippen LogP contribution in [0.25, 0.3) is 0 Å². The van der Waals surface area contributed by atoms with Gasteiger partial charge in [-0.25, -0.2) is 0 Å². The van der Waals surface area contributed by atoms with Crippen molar-refractivity contribution in [2.24, 2.45) is 0 Å². The summed E-state index contributed by atoms with van der Waals surface area (Å²) in [5.74, 6) is 0.214. The summed E-state index contributed by atoms with van der Waals surface area (Å²) in [6.07, 6.45) is 0. The van der Waals surface area contributed by atoms with E-state index in [9.17, 15) is 8.78 Å². The van der Waals surface area contributed by atoms with Crippen LogP contribution in [0.2, 0.25) is 0 Å². The predicted octanol–water partition coefficient (Wildman–Crippen LogP) is 2.12. The van der Waals surface area contributed by atoms with Crippen LogP contribution in [0.5, 0.6) is 5.75 Å². The molecule has 0 saturated carbocycles. The Hall–Kier alpha value is -1.07. The second-order valence-corrected chi connectivity index (χ2v) is 3.61. The molecule has 1 aliphatic heterocycles. The molecule has 0 aliphatic carbocycles. The van der Waals surface area contributed by atoms with Gasteiger partial charge in [0.25, 0.3) is 0 Å². The van der Waals surface area contributed by atoms with Gasteiger partial charge in [-0.3, -0.25) is 0 Å². The van der Waals surface area contributed by atoms with Crippen molar-refractivity contribution in [2.75, 3.05) is 31.1 Å². The summed E-state index contributed by atoms with van der Waals surface area (Å²) >= 11 is 0. The molecule has 0 atom stereocenters. The second-order valence-electron chi connectivity index (χ2n) is 3.61. The number of alkyl halides is 2. The first kappa shape index (κ1) is 14.0. The van der Waals surface area contributed by atoms with E-state index in [0.717, 1.165) is 31.9 Å². The van der Waals surface area contributed by atoms with Gasteiger partial charge in [-0.05, 0) is 12.1 Å². The first-order chi connectivity index (χ1) is 7.75. The number of piperazine rings is 1. The molecule has 0 bridgehead atoms. The molecule has 0 spiro atoms. The van der Waals surface area contributed by atoms with Gasteiger partial charge in [0.05, 0.1) is 0 Å². The minimum atomic E-state index is -2.77. The van der Waals surface area contributed by atoms with Crippen molar-refractivity contribution < 1.29 is 13.5 Å². The van der Waals surface area contributed by atoms with Gasteiger partial charge in [0.1, 0.15) is 5.75 Å². The van der Waals surface area contributed by atoms with Crippen LogP contribution < -0.4 is 15.0 Å². The highest BCUT2D eigenvalue weighted by molar-refractivity contribution is 5.85. The Morgan fingerprint density at radius 2 is 1.94 bits per heavy atom. The van der Waals surface area contributed by atoms with Crippen molar-refractivity contribution in [3.8, 4) is 5.75 Å². The van der Waals surface area contributed by atoms with Crippen molar-refractivity contribution in [2.45, 2.75) is 6.61 Å². The number of benzene rings is 1. The lowest BCUT2D eigenvalue weighted by Crippen LogP contribution is -2.43. The molecular formula is C11H15ClF2N2O. The molecule has 1 fully saturated rings. The van der Waals surface area contributed by atoms with Gasteiger partial charge in [0, 0.05) is 37.9 Å². The molecule has 1 aromatic rings. The average Bonchev–Trinajstić information content (AvgIpc) is 2.30. The lowest BCUT2D eigenvalue weighted by molar-refractivity contribution is -0.0498. The first-order valence-electron chi connectivity index (χ1n) is 5.26. The smallest absolute Gasteiger partial charge is 0.387 e. The van der Waals surface area contributed by atoms with E-state index < -0.39 is 6.61 Å². The molecule has 0 radical (unpaired) electrons. The minimum Gasteiger partial charge on any atom is -0.435 e. The number of halogens is 3. The zero-order chi connectivity index (χ0) is 11.4.